The van der Waals surface area contributed by atoms with E-state index in [4.69, 9.17) is 4.74 Å². The maximum atomic E-state index is 13.1. The summed E-state index contributed by atoms with van der Waals surface area (Å²) in [6.45, 7) is 2.83. The van der Waals surface area contributed by atoms with Crippen LogP contribution in [0.2, 0.25) is 0 Å². The molecular formula is C14H18FNO. The molecule has 92 valence electrons. The summed E-state index contributed by atoms with van der Waals surface area (Å²) >= 11 is 0. The van der Waals surface area contributed by atoms with Gasteiger partial charge in [0, 0.05) is 12.6 Å². The van der Waals surface area contributed by atoms with Crippen LogP contribution >= 0.6 is 0 Å². The summed E-state index contributed by atoms with van der Waals surface area (Å²) in [5, 5.41) is 3.37. The molecule has 1 aromatic carbocycles. The van der Waals surface area contributed by atoms with Gasteiger partial charge in [0.1, 0.15) is 11.9 Å². The van der Waals surface area contributed by atoms with Gasteiger partial charge in [-0.2, -0.15) is 0 Å². The van der Waals surface area contributed by atoms with Crippen LogP contribution < -0.4 is 5.32 Å². The first-order valence-corrected chi connectivity index (χ1v) is 6.05. The van der Waals surface area contributed by atoms with Crippen molar-refractivity contribution in [2.24, 2.45) is 0 Å². The molecule has 0 radical (unpaired) electrons. The van der Waals surface area contributed by atoms with E-state index < -0.39 is 0 Å². The Morgan fingerprint density at radius 2 is 2.41 bits per heavy atom. The molecule has 1 aliphatic rings. The molecule has 0 saturated carbocycles. The SMILES string of the molecule is C[C@@H](NCC1CCC=CO1)c1cccc(F)c1. The number of ether oxygens (including phenoxy) is 1. The predicted molar refractivity (Wildman–Crippen MR) is 66.1 cm³/mol. The summed E-state index contributed by atoms with van der Waals surface area (Å²) in [5.41, 5.74) is 0.969. The number of hydrogen-bond acceptors (Lipinski definition) is 2. The molecule has 1 heterocycles. The Bertz CT molecular complexity index is 392. The number of benzene rings is 1. The Labute approximate surface area is 101 Å². The number of rotatable bonds is 4. The molecule has 0 aliphatic carbocycles. The minimum absolute atomic E-state index is 0.139. The minimum Gasteiger partial charge on any atom is -0.497 e. The van der Waals surface area contributed by atoms with Gasteiger partial charge < -0.3 is 10.1 Å². The first-order chi connectivity index (χ1) is 8.25. The molecule has 2 rings (SSSR count). The van der Waals surface area contributed by atoms with E-state index in [1.807, 2.05) is 19.1 Å². The third-order valence-electron chi connectivity index (χ3n) is 3.02. The van der Waals surface area contributed by atoms with Gasteiger partial charge in [0.25, 0.3) is 0 Å². The average Bonchev–Trinajstić information content (AvgIpc) is 2.37. The molecule has 1 N–H and O–H groups in total. The smallest absolute Gasteiger partial charge is 0.123 e. The lowest BCUT2D eigenvalue weighted by Gasteiger charge is -2.22. The summed E-state index contributed by atoms with van der Waals surface area (Å²) < 4.78 is 18.5. The summed E-state index contributed by atoms with van der Waals surface area (Å²) in [4.78, 5) is 0. The molecule has 0 amide bonds. The fourth-order valence-electron chi connectivity index (χ4n) is 1.94. The topological polar surface area (TPSA) is 21.3 Å². The van der Waals surface area contributed by atoms with E-state index in [1.54, 1.807) is 18.4 Å². The van der Waals surface area contributed by atoms with Gasteiger partial charge in [0.2, 0.25) is 0 Å². The van der Waals surface area contributed by atoms with Crippen molar-refractivity contribution >= 4 is 0 Å². The van der Waals surface area contributed by atoms with E-state index >= 15 is 0 Å². The molecule has 17 heavy (non-hydrogen) atoms. The van der Waals surface area contributed by atoms with Crippen LogP contribution in [0.25, 0.3) is 0 Å². The number of nitrogens with one attached hydrogen (secondary N) is 1. The molecule has 1 unspecified atom stereocenters. The van der Waals surface area contributed by atoms with Crippen LogP contribution in [-0.2, 0) is 4.74 Å². The Kier molecular flexibility index (Phi) is 4.15. The van der Waals surface area contributed by atoms with Crippen LogP contribution in [0.3, 0.4) is 0 Å². The lowest BCUT2D eigenvalue weighted by Crippen LogP contribution is -2.31. The zero-order valence-electron chi connectivity index (χ0n) is 10.0. The fraction of sp³-hybridized carbons (Fsp3) is 0.429. The van der Waals surface area contributed by atoms with Crippen LogP contribution in [0, 0.1) is 5.82 Å². The van der Waals surface area contributed by atoms with Crippen molar-refractivity contribution in [3.63, 3.8) is 0 Å². The van der Waals surface area contributed by atoms with Gasteiger partial charge in [-0.05, 0) is 43.5 Å². The van der Waals surface area contributed by atoms with Crippen LogP contribution in [0.5, 0.6) is 0 Å². The Morgan fingerprint density at radius 1 is 1.53 bits per heavy atom. The first kappa shape index (κ1) is 12.1. The van der Waals surface area contributed by atoms with Crippen molar-refractivity contribution in [2.45, 2.75) is 31.9 Å². The van der Waals surface area contributed by atoms with Crippen LogP contribution in [0.1, 0.15) is 31.4 Å². The van der Waals surface area contributed by atoms with Crippen molar-refractivity contribution in [3.05, 3.63) is 48.0 Å². The van der Waals surface area contributed by atoms with Gasteiger partial charge in [0.05, 0.1) is 6.26 Å². The lowest BCUT2D eigenvalue weighted by molar-refractivity contribution is 0.120. The van der Waals surface area contributed by atoms with Crippen LogP contribution in [0.4, 0.5) is 4.39 Å². The highest BCUT2D eigenvalue weighted by atomic mass is 19.1. The van der Waals surface area contributed by atoms with Crippen LogP contribution in [0.15, 0.2) is 36.6 Å². The molecule has 0 fully saturated rings. The van der Waals surface area contributed by atoms with Gasteiger partial charge in [-0.1, -0.05) is 12.1 Å². The zero-order valence-corrected chi connectivity index (χ0v) is 10.0. The van der Waals surface area contributed by atoms with E-state index in [0.29, 0.717) is 0 Å². The van der Waals surface area contributed by atoms with Crippen molar-refractivity contribution in [1.29, 1.82) is 0 Å². The highest BCUT2D eigenvalue weighted by Crippen LogP contribution is 2.15. The molecule has 2 atom stereocenters. The average molecular weight is 235 g/mol. The second-order valence-electron chi connectivity index (χ2n) is 4.39. The van der Waals surface area contributed by atoms with E-state index in [0.717, 1.165) is 24.9 Å². The standard InChI is InChI=1S/C14H18FNO/c1-11(12-5-4-6-13(15)9-12)16-10-14-7-2-3-8-17-14/h3-6,8-9,11,14,16H,2,7,10H2,1H3/t11-,14?/m1/s1. The van der Waals surface area contributed by atoms with E-state index in [-0.39, 0.29) is 18.0 Å². The molecule has 0 aromatic heterocycles. The molecule has 1 aliphatic heterocycles. The van der Waals surface area contributed by atoms with Gasteiger partial charge >= 0.3 is 0 Å². The van der Waals surface area contributed by atoms with Gasteiger partial charge in [-0.3, -0.25) is 0 Å². The van der Waals surface area contributed by atoms with Crippen molar-refractivity contribution in [3.8, 4) is 0 Å². The predicted octanol–water partition coefficient (Wildman–Crippen LogP) is 3.17. The maximum Gasteiger partial charge on any atom is 0.123 e. The summed E-state index contributed by atoms with van der Waals surface area (Å²) in [7, 11) is 0. The van der Waals surface area contributed by atoms with E-state index in [2.05, 4.69) is 5.32 Å². The maximum absolute atomic E-state index is 13.1. The van der Waals surface area contributed by atoms with Crippen molar-refractivity contribution in [2.75, 3.05) is 6.54 Å². The monoisotopic (exact) mass is 235 g/mol. The van der Waals surface area contributed by atoms with Gasteiger partial charge in [0.15, 0.2) is 0 Å². The molecule has 0 spiro atoms. The zero-order chi connectivity index (χ0) is 12.1. The quantitative estimate of drug-likeness (QED) is 0.865. The molecule has 3 heteroatoms. The molecule has 1 aromatic rings. The summed E-state index contributed by atoms with van der Waals surface area (Å²) in [6.07, 6.45) is 6.14. The van der Waals surface area contributed by atoms with Crippen molar-refractivity contribution < 1.29 is 9.13 Å². The lowest BCUT2D eigenvalue weighted by atomic mass is 10.1. The Morgan fingerprint density at radius 3 is 3.12 bits per heavy atom. The molecule has 0 bridgehead atoms. The number of allylic oxidation sites excluding steroid dienone is 1. The fourth-order valence-corrected chi connectivity index (χ4v) is 1.94. The second kappa shape index (κ2) is 5.82. The highest BCUT2D eigenvalue weighted by Gasteiger charge is 2.13. The number of halogens is 1. The molecular weight excluding hydrogens is 217 g/mol. The first-order valence-electron chi connectivity index (χ1n) is 6.05. The summed E-state index contributed by atoms with van der Waals surface area (Å²) in [5.74, 6) is -0.187. The molecule has 0 saturated heterocycles. The van der Waals surface area contributed by atoms with Gasteiger partial charge in [-0.15, -0.1) is 0 Å². The van der Waals surface area contributed by atoms with Crippen molar-refractivity contribution in [1.82, 2.24) is 5.32 Å². The second-order valence-corrected chi connectivity index (χ2v) is 4.39. The Balaban J connectivity index is 1.84. The van der Waals surface area contributed by atoms with Crippen LogP contribution in [-0.4, -0.2) is 12.6 Å². The third kappa shape index (κ3) is 3.56. The minimum atomic E-state index is -0.187. The summed E-state index contributed by atoms with van der Waals surface area (Å²) in [6, 6.07) is 6.84. The number of hydrogen-bond donors (Lipinski definition) is 1. The van der Waals surface area contributed by atoms with E-state index in [1.165, 1.54) is 6.07 Å². The largest absolute Gasteiger partial charge is 0.497 e. The van der Waals surface area contributed by atoms with Gasteiger partial charge in [-0.25, -0.2) is 4.39 Å². The highest BCUT2D eigenvalue weighted by molar-refractivity contribution is 5.19. The Hall–Kier alpha value is -1.35. The van der Waals surface area contributed by atoms with E-state index in [9.17, 15) is 4.39 Å². The molecule has 2 nitrogen and oxygen atoms in total. The normalized spacial score (nSPS) is 20.9. The third-order valence-corrected chi connectivity index (χ3v) is 3.02.